The van der Waals surface area contributed by atoms with Gasteiger partial charge in [0.25, 0.3) is 0 Å². The average molecular weight is 382 g/mol. The van der Waals surface area contributed by atoms with Crippen molar-refractivity contribution in [1.29, 1.82) is 0 Å². The Morgan fingerprint density at radius 1 is 1.19 bits per heavy atom. The summed E-state index contributed by atoms with van der Waals surface area (Å²) in [6.07, 6.45) is 0. The summed E-state index contributed by atoms with van der Waals surface area (Å²) >= 11 is 14.5. The summed E-state index contributed by atoms with van der Waals surface area (Å²) in [7, 11) is 0. The topological polar surface area (TPSA) is 26.0 Å². The minimum absolute atomic E-state index is 0.179. The summed E-state index contributed by atoms with van der Waals surface area (Å²) in [5, 5.41) is 2.68. The summed E-state index contributed by atoms with van der Waals surface area (Å²) in [5.41, 5.74) is 7.22. The van der Waals surface area contributed by atoms with Gasteiger partial charge in [-0.05, 0) is 35.2 Å². The van der Waals surface area contributed by atoms with Crippen LogP contribution in [0.3, 0.4) is 0 Å². The predicted molar refractivity (Wildman–Crippen MR) is 77.2 cm³/mol. The van der Waals surface area contributed by atoms with Crippen LogP contribution in [0, 0.1) is 0 Å². The predicted octanol–water partition coefficient (Wildman–Crippen LogP) is 4.97. The first-order valence-corrected chi connectivity index (χ1v) is 7.37. The molecule has 1 aromatic carbocycles. The third-order valence-corrected chi connectivity index (χ3v) is 4.53. The van der Waals surface area contributed by atoms with Crippen LogP contribution in [0.2, 0.25) is 5.02 Å². The van der Waals surface area contributed by atoms with Gasteiger partial charge >= 0.3 is 0 Å². The van der Waals surface area contributed by atoms with Crippen LogP contribution in [0.1, 0.15) is 16.5 Å². The van der Waals surface area contributed by atoms with Gasteiger partial charge in [-0.1, -0.05) is 43.5 Å². The van der Waals surface area contributed by atoms with Gasteiger partial charge in [0.1, 0.15) is 0 Å². The smallest absolute Gasteiger partial charge is 0.0661 e. The molecule has 0 aliphatic rings. The van der Waals surface area contributed by atoms with E-state index in [1.807, 2.05) is 29.6 Å². The lowest BCUT2D eigenvalue weighted by Gasteiger charge is -2.12. The fourth-order valence-electron chi connectivity index (χ4n) is 1.43. The normalized spacial score (nSPS) is 12.8. The first-order chi connectivity index (χ1) is 7.58. The highest BCUT2D eigenvalue weighted by molar-refractivity contribution is 9.11. The van der Waals surface area contributed by atoms with E-state index in [-0.39, 0.29) is 6.04 Å². The molecule has 1 nitrogen and oxygen atoms in total. The molecule has 2 N–H and O–H groups in total. The van der Waals surface area contributed by atoms with Gasteiger partial charge in [0.05, 0.1) is 11.1 Å². The lowest BCUT2D eigenvalue weighted by Crippen LogP contribution is -2.10. The minimum atomic E-state index is -0.179. The van der Waals surface area contributed by atoms with Crippen molar-refractivity contribution in [2.45, 2.75) is 6.04 Å². The van der Waals surface area contributed by atoms with Gasteiger partial charge < -0.3 is 5.73 Å². The maximum atomic E-state index is 6.18. The van der Waals surface area contributed by atoms with Crippen LogP contribution in [0.4, 0.5) is 0 Å². The maximum absolute atomic E-state index is 6.18. The summed E-state index contributed by atoms with van der Waals surface area (Å²) in [6.45, 7) is 0. The monoisotopic (exact) mass is 379 g/mol. The van der Waals surface area contributed by atoms with Crippen molar-refractivity contribution < 1.29 is 0 Å². The molecule has 1 heterocycles. The number of benzene rings is 1. The van der Waals surface area contributed by atoms with Gasteiger partial charge in [-0.2, -0.15) is 0 Å². The molecule has 16 heavy (non-hydrogen) atoms. The van der Waals surface area contributed by atoms with Gasteiger partial charge in [-0.25, -0.2) is 0 Å². The molecule has 1 unspecified atom stereocenters. The Hall–Kier alpha value is 0.130. The van der Waals surface area contributed by atoms with E-state index in [0.29, 0.717) is 0 Å². The van der Waals surface area contributed by atoms with Crippen molar-refractivity contribution in [3.63, 3.8) is 0 Å². The molecule has 84 valence electrons. The van der Waals surface area contributed by atoms with E-state index in [2.05, 4.69) is 31.9 Å². The maximum Gasteiger partial charge on any atom is 0.0661 e. The second kappa shape index (κ2) is 5.19. The highest BCUT2D eigenvalue weighted by atomic mass is 79.9. The summed E-state index contributed by atoms with van der Waals surface area (Å²) in [4.78, 5) is 0.992. The Morgan fingerprint density at radius 2 is 1.81 bits per heavy atom. The van der Waals surface area contributed by atoms with E-state index < -0.39 is 0 Å². The number of thiophene rings is 1. The van der Waals surface area contributed by atoms with Crippen LogP contribution in [0.5, 0.6) is 0 Å². The first kappa shape index (κ1) is 12.6. The zero-order valence-corrected chi connectivity index (χ0v) is 12.8. The molecule has 0 amide bonds. The van der Waals surface area contributed by atoms with Crippen LogP contribution in [-0.4, -0.2) is 0 Å². The molecule has 0 radical (unpaired) electrons. The van der Waals surface area contributed by atoms with E-state index in [1.165, 1.54) is 0 Å². The second-order valence-corrected chi connectivity index (χ2v) is 6.50. The number of hydrogen-bond acceptors (Lipinski definition) is 2. The van der Waals surface area contributed by atoms with Crippen molar-refractivity contribution in [2.24, 2.45) is 5.73 Å². The molecule has 1 atom stereocenters. The van der Waals surface area contributed by atoms with Gasteiger partial charge in [-0.3, -0.25) is 0 Å². The van der Waals surface area contributed by atoms with Crippen LogP contribution in [0.25, 0.3) is 0 Å². The molecular weight excluding hydrogens is 373 g/mol. The number of halogens is 3. The molecule has 0 spiro atoms. The molecule has 0 saturated heterocycles. The SMILES string of the molecule is NC(c1cc(Br)cc(Br)c1)c1sccc1Cl. The van der Waals surface area contributed by atoms with Crippen LogP contribution < -0.4 is 5.73 Å². The third kappa shape index (κ3) is 2.68. The zero-order valence-electron chi connectivity index (χ0n) is 8.08. The first-order valence-electron chi connectivity index (χ1n) is 4.52. The summed E-state index contributed by atoms with van der Waals surface area (Å²) < 4.78 is 2.00. The molecule has 1 aromatic heterocycles. The summed E-state index contributed by atoms with van der Waals surface area (Å²) in [5.74, 6) is 0. The quantitative estimate of drug-likeness (QED) is 0.780. The third-order valence-electron chi connectivity index (χ3n) is 2.17. The number of nitrogens with two attached hydrogens (primary N) is 1. The zero-order chi connectivity index (χ0) is 11.7. The van der Waals surface area contributed by atoms with Crippen LogP contribution in [0.15, 0.2) is 38.6 Å². The summed E-state index contributed by atoms with van der Waals surface area (Å²) in [6, 6.07) is 7.68. The lowest BCUT2D eigenvalue weighted by atomic mass is 10.1. The van der Waals surface area contributed by atoms with E-state index in [1.54, 1.807) is 11.3 Å². The Labute approximate surface area is 120 Å². The Bertz CT molecular complexity index is 492. The lowest BCUT2D eigenvalue weighted by molar-refractivity contribution is 0.891. The molecule has 2 rings (SSSR count). The molecule has 2 aromatic rings. The van der Waals surface area contributed by atoms with Crippen molar-refractivity contribution in [1.82, 2.24) is 0 Å². The van der Waals surface area contributed by atoms with Gasteiger partial charge in [0.15, 0.2) is 0 Å². The van der Waals surface area contributed by atoms with Crippen molar-refractivity contribution in [3.8, 4) is 0 Å². The highest BCUT2D eigenvalue weighted by Crippen LogP contribution is 2.33. The van der Waals surface area contributed by atoms with Gasteiger partial charge in [0.2, 0.25) is 0 Å². The molecule has 0 aliphatic carbocycles. The number of hydrogen-bond donors (Lipinski definition) is 1. The van der Waals surface area contributed by atoms with Crippen molar-refractivity contribution in [3.05, 3.63) is 54.1 Å². The highest BCUT2D eigenvalue weighted by Gasteiger charge is 2.14. The fraction of sp³-hybridized carbons (Fsp3) is 0.0909. The molecule has 0 fully saturated rings. The van der Waals surface area contributed by atoms with E-state index in [9.17, 15) is 0 Å². The minimum Gasteiger partial charge on any atom is -0.320 e. The van der Waals surface area contributed by atoms with Crippen LogP contribution in [-0.2, 0) is 0 Å². The molecule has 0 aliphatic heterocycles. The number of rotatable bonds is 2. The van der Waals surface area contributed by atoms with E-state index >= 15 is 0 Å². The molecule has 5 heteroatoms. The van der Waals surface area contributed by atoms with E-state index in [4.69, 9.17) is 17.3 Å². The Balaban J connectivity index is 2.41. The fourth-order valence-corrected chi connectivity index (χ4v) is 3.97. The molecule has 0 saturated carbocycles. The van der Waals surface area contributed by atoms with Gasteiger partial charge in [-0.15, -0.1) is 11.3 Å². The largest absolute Gasteiger partial charge is 0.320 e. The standard InChI is InChI=1S/C11H8Br2ClNS/c12-7-3-6(4-8(13)5-7)10(15)11-9(14)1-2-16-11/h1-5,10H,15H2. The van der Waals surface area contributed by atoms with Gasteiger partial charge in [0, 0.05) is 13.8 Å². The van der Waals surface area contributed by atoms with Crippen molar-refractivity contribution >= 4 is 54.8 Å². The Kier molecular flexibility index (Phi) is 4.08. The molecule has 0 bridgehead atoms. The molecular formula is C11H8Br2ClNS. The average Bonchev–Trinajstić information content (AvgIpc) is 2.62. The van der Waals surface area contributed by atoms with E-state index in [0.717, 1.165) is 24.4 Å². The van der Waals surface area contributed by atoms with Crippen molar-refractivity contribution in [2.75, 3.05) is 0 Å². The Morgan fingerprint density at radius 3 is 2.31 bits per heavy atom. The second-order valence-electron chi connectivity index (χ2n) is 3.31. The van der Waals surface area contributed by atoms with Crippen LogP contribution >= 0.6 is 54.8 Å².